The number of thiophene rings is 1. The van der Waals surface area contributed by atoms with Gasteiger partial charge in [-0.25, -0.2) is 9.97 Å². The molecule has 4 nitrogen and oxygen atoms in total. The van der Waals surface area contributed by atoms with Crippen molar-refractivity contribution in [2.24, 2.45) is 0 Å². The van der Waals surface area contributed by atoms with Crippen LogP contribution >= 0.6 is 22.9 Å². The Labute approximate surface area is 118 Å². The van der Waals surface area contributed by atoms with Crippen LogP contribution in [0.15, 0.2) is 29.6 Å². The fourth-order valence-corrected chi connectivity index (χ4v) is 2.91. The Balaban J connectivity index is 2.27. The van der Waals surface area contributed by atoms with Crippen molar-refractivity contribution in [3.05, 3.63) is 34.7 Å². The number of rotatable bonds is 2. The number of hydrogen-bond donors (Lipinski definition) is 1. The molecule has 1 aromatic carbocycles. The van der Waals surface area contributed by atoms with E-state index < -0.39 is 0 Å². The topological polar surface area (TPSA) is 61.0 Å². The van der Waals surface area contributed by atoms with Gasteiger partial charge in [-0.15, -0.1) is 11.3 Å². The van der Waals surface area contributed by atoms with E-state index in [1.807, 2.05) is 23.6 Å². The minimum absolute atomic E-state index is 0.461. The Kier molecular flexibility index (Phi) is 3.00. The van der Waals surface area contributed by atoms with Gasteiger partial charge in [-0.2, -0.15) is 0 Å². The van der Waals surface area contributed by atoms with Crippen LogP contribution in [-0.4, -0.2) is 17.1 Å². The van der Waals surface area contributed by atoms with Crippen LogP contribution in [0.25, 0.3) is 21.6 Å². The van der Waals surface area contributed by atoms with E-state index in [1.54, 1.807) is 13.2 Å². The zero-order chi connectivity index (χ0) is 13.4. The van der Waals surface area contributed by atoms with Gasteiger partial charge in [0.15, 0.2) is 5.82 Å². The molecule has 2 N–H and O–H groups in total. The number of methoxy groups -OCH3 is 1. The molecule has 0 fully saturated rings. The average Bonchev–Trinajstić information content (AvgIpc) is 2.87. The molecule has 0 spiro atoms. The maximum Gasteiger partial charge on any atom is 0.166 e. The zero-order valence-corrected chi connectivity index (χ0v) is 11.6. The van der Waals surface area contributed by atoms with Gasteiger partial charge in [0.25, 0.3) is 0 Å². The third-order valence-corrected chi connectivity index (χ3v) is 3.87. The van der Waals surface area contributed by atoms with Crippen molar-refractivity contribution in [2.75, 3.05) is 12.8 Å². The largest absolute Gasteiger partial charge is 0.494 e. The molecule has 3 aromatic rings. The quantitative estimate of drug-likeness (QED) is 0.783. The first-order valence-electron chi connectivity index (χ1n) is 5.54. The van der Waals surface area contributed by atoms with Crippen molar-refractivity contribution >= 4 is 39.0 Å². The summed E-state index contributed by atoms with van der Waals surface area (Å²) in [5, 5.41) is 3.33. The molecule has 0 aliphatic heterocycles. The summed E-state index contributed by atoms with van der Waals surface area (Å²) in [6, 6.07) is 7.36. The van der Waals surface area contributed by atoms with Gasteiger partial charge in [0, 0.05) is 0 Å². The second-order valence-electron chi connectivity index (χ2n) is 3.89. The maximum absolute atomic E-state index is 6.11. The molecule has 0 saturated carbocycles. The van der Waals surface area contributed by atoms with Crippen LogP contribution in [0.5, 0.6) is 5.75 Å². The normalized spacial score (nSPS) is 10.8. The third-order valence-electron chi connectivity index (χ3n) is 2.77. The molecular weight excluding hydrogens is 282 g/mol. The Hall–Kier alpha value is -1.85. The molecule has 6 heteroatoms. The Morgan fingerprint density at radius 1 is 1.26 bits per heavy atom. The minimum atomic E-state index is 0.461. The number of nitrogens with zero attached hydrogens (tertiary/aromatic N) is 2. The molecule has 2 heterocycles. The van der Waals surface area contributed by atoms with Gasteiger partial charge in [0.2, 0.25) is 0 Å². The SMILES string of the molecule is COc1c(Cl)cccc1-c1nc(N)c2ccsc2n1. The first-order valence-corrected chi connectivity index (χ1v) is 6.80. The summed E-state index contributed by atoms with van der Waals surface area (Å²) in [6.07, 6.45) is 0. The standard InChI is InChI=1S/C13H10ClN3OS/c1-18-10-7(3-2-4-9(10)14)12-16-11(15)8-5-6-19-13(8)17-12/h2-6H,1H3,(H2,15,16,17). The highest BCUT2D eigenvalue weighted by atomic mass is 35.5. The average molecular weight is 292 g/mol. The van der Waals surface area contributed by atoms with Crippen molar-refractivity contribution in [3.8, 4) is 17.1 Å². The molecule has 0 bridgehead atoms. The Morgan fingerprint density at radius 3 is 2.89 bits per heavy atom. The minimum Gasteiger partial charge on any atom is -0.494 e. The van der Waals surface area contributed by atoms with Crippen molar-refractivity contribution in [3.63, 3.8) is 0 Å². The van der Waals surface area contributed by atoms with Crippen LogP contribution < -0.4 is 10.5 Å². The van der Waals surface area contributed by atoms with Gasteiger partial charge in [0.05, 0.1) is 23.1 Å². The van der Waals surface area contributed by atoms with Gasteiger partial charge >= 0.3 is 0 Å². The summed E-state index contributed by atoms with van der Waals surface area (Å²) >= 11 is 7.63. The van der Waals surface area contributed by atoms with Crippen molar-refractivity contribution in [2.45, 2.75) is 0 Å². The summed E-state index contributed by atoms with van der Waals surface area (Å²) in [7, 11) is 1.57. The second kappa shape index (κ2) is 4.68. The molecule has 0 aliphatic carbocycles. The smallest absolute Gasteiger partial charge is 0.166 e. The molecule has 0 radical (unpaired) electrons. The van der Waals surface area contributed by atoms with E-state index in [0.717, 1.165) is 15.8 Å². The number of halogens is 1. The van der Waals surface area contributed by atoms with E-state index in [2.05, 4.69) is 9.97 Å². The summed E-state index contributed by atoms with van der Waals surface area (Å²) < 4.78 is 5.31. The second-order valence-corrected chi connectivity index (χ2v) is 5.19. The fraction of sp³-hybridized carbons (Fsp3) is 0.0769. The summed E-state index contributed by atoms with van der Waals surface area (Å²) in [6.45, 7) is 0. The molecule has 96 valence electrons. The predicted octanol–water partition coefficient (Wildman–Crippen LogP) is 3.60. The number of para-hydroxylation sites is 1. The molecule has 0 saturated heterocycles. The highest BCUT2D eigenvalue weighted by Gasteiger charge is 2.14. The van der Waals surface area contributed by atoms with Crippen LogP contribution in [0.2, 0.25) is 5.02 Å². The van der Waals surface area contributed by atoms with E-state index in [1.165, 1.54) is 11.3 Å². The summed E-state index contributed by atoms with van der Waals surface area (Å²) in [5.41, 5.74) is 6.68. The zero-order valence-electron chi connectivity index (χ0n) is 10.1. The lowest BCUT2D eigenvalue weighted by atomic mass is 10.2. The van der Waals surface area contributed by atoms with Gasteiger partial charge < -0.3 is 10.5 Å². The molecule has 0 atom stereocenters. The molecule has 3 rings (SSSR count). The van der Waals surface area contributed by atoms with Crippen LogP contribution in [0.4, 0.5) is 5.82 Å². The van der Waals surface area contributed by atoms with Gasteiger partial charge in [-0.1, -0.05) is 17.7 Å². The third kappa shape index (κ3) is 2.01. The van der Waals surface area contributed by atoms with Crippen molar-refractivity contribution in [1.82, 2.24) is 9.97 Å². The molecule has 0 amide bonds. The number of ether oxygens (including phenoxy) is 1. The molecular formula is C13H10ClN3OS. The van der Waals surface area contributed by atoms with Gasteiger partial charge in [-0.05, 0) is 23.6 Å². The van der Waals surface area contributed by atoms with Gasteiger partial charge in [-0.3, -0.25) is 0 Å². The van der Waals surface area contributed by atoms with E-state index in [9.17, 15) is 0 Å². The lowest BCUT2D eigenvalue weighted by Crippen LogP contribution is -1.98. The number of anilines is 1. The van der Waals surface area contributed by atoms with Gasteiger partial charge in [0.1, 0.15) is 16.4 Å². The summed E-state index contributed by atoms with van der Waals surface area (Å²) in [4.78, 5) is 9.68. The van der Waals surface area contributed by atoms with E-state index >= 15 is 0 Å². The van der Waals surface area contributed by atoms with Crippen LogP contribution in [-0.2, 0) is 0 Å². The van der Waals surface area contributed by atoms with Crippen LogP contribution in [0.1, 0.15) is 0 Å². The number of aromatic nitrogens is 2. The van der Waals surface area contributed by atoms with E-state index in [0.29, 0.717) is 22.4 Å². The highest BCUT2D eigenvalue weighted by Crippen LogP contribution is 2.36. The molecule has 0 aliphatic rings. The van der Waals surface area contributed by atoms with Crippen molar-refractivity contribution in [1.29, 1.82) is 0 Å². The number of nitrogen functional groups attached to an aromatic ring is 1. The van der Waals surface area contributed by atoms with Crippen molar-refractivity contribution < 1.29 is 4.74 Å². The first kappa shape index (κ1) is 12.2. The lowest BCUT2D eigenvalue weighted by Gasteiger charge is -2.09. The predicted molar refractivity (Wildman–Crippen MR) is 78.8 cm³/mol. The number of benzene rings is 1. The maximum atomic E-state index is 6.11. The number of hydrogen-bond acceptors (Lipinski definition) is 5. The fourth-order valence-electron chi connectivity index (χ4n) is 1.89. The highest BCUT2D eigenvalue weighted by molar-refractivity contribution is 7.16. The summed E-state index contributed by atoms with van der Waals surface area (Å²) in [5.74, 6) is 1.54. The van der Waals surface area contributed by atoms with Crippen LogP contribution in [0.3, 0.4) is 0 Å². The number of nitrogens with two attached hydrogens (primary N) is 1. The number of fused-ring (bicyclic) bond motifs is 1. The van der Waals surface area contributed by atoms with E-state index in [4.69, 9.17) is 22.1 Å². The van der Waals surface area contributed by atoms with E-state index in [-0.39, 0.29) is 0 Å². The van der Waals surface area contributed by atoms with Crippen LogP contribution in [0, 0.1) is 0 Å². The molecule has 0 unspecified atom stereocenters. The Morgan fingerprint density at radius 2 is 2.11 bits per heavy atom. The monoisotopic (exact) mass is 291 g/mol. The Bertz CT molecular complexity index is 757. The molecule has 19 heavy (non-hydrogen) atoms. The molecule has 2 aromatic heterocycles. The lowest BCUT2D eigenvalue weighted by molar-refractivity contribution is 0.416. The first-order chi connectivity index (χ1) is 9.20.